The first-order chi connectivity index (χ1) is 9.81. The summed E-state index contributed by atoms with van der Waals surface area (Å²) in [5.74, 6) is 1.42. The molecule has 118 valence electrons. The number of nitrogens with zero attached hydrogens (tertiary/aromatic N) is 1. The Morgan fingerprint density at radius 2 is 2.05 bits per heavy atom. The molecule has 3 aliphatic rings. The van der Waals surface area contributed by atoms with Gasteiger partial charge >= 0.3 is 0 Å². The normalized spacial score (nSPS) is 50.4. The standard InChI is InChI=1S/C18H28INO/c1-16(12-20-21)8-4-9-18(3)14-7-10-17(2,19)11-13(14)5-6-15(16)18/h7,12-13,15,21H,4-6,8-11H2,1-3H3/b20-12+/t13?,15?,16-,17-,18-/m0/s1. The van der Waals surface area contributed by atoms with Gasteiger partial charge in [0.2, 0.25) is 0 Å². The number of alkyl halides is 1. The van der Waals surface area contributed by atoms with Gasteiger partial charge in [-0.15, -0.1) is 5.16 Å². The molecule has 2 nitrogen and oxygen atoms in total. The summed E-state index contributed by atoms with van der Waals surface area (Å²) in [4.78, 5) is 0. The van der Waals surface area contributed by atoms with Gasteiger partial charge in [0.05, 0.1) is 0 Å². The fourth-order valence-electron chi connectivity index (χ4n) is 5.71. The molecule has 0 radical (unpaired) electrons. The number of halogens is 1. The lowest BCUT2D eigenvalue weighted by Gasteiger charge is -2.58. The van der Waals surface area contributed by atoms with E-state index in [0.29, 0.717) is 14.8 Å². The summed E-state index contributed by atoms with van der Waals surface area (Å²) in [7, 11) is 0. The second-order valence-corrected chi connectivity index (χ2v) is 10.9. The zero-order valence-corrected chi connectivity index (χ0v) is 15.7. The quantitative estimate of drug-likeness (QED) is 0.153. The number of hydrogen-bond donors (Lipinski definition) is 1. The molecule has 3 heteroatoms. The lowest BCUT2D eigenvalue weighted by atomic mass is 9.47. The fourth-order valence-corrected chi connectivity index (χ4v) is 6.47. The highest BCUT2D eigenvalue weighted by Gasteiger charge is 2.54. The first-order valence-electron chi connectivity index (χ1n) is 8.39. The van der Waals surface area contributed by atoms with E-state index in [4.69, 9.17) is 5.21 Å². The Labute approximate surface area is 142 Å². The first kappa shape index (κ1) is 15.8. The molecule has 0 spiro atoms. The second-order valence-electron chi connectivity index (χ2n) is 8.33. The highest BCUT2D eigenvalue weighted by molar-refractivity contribution is 14.1. The van der Waals surface area contributed by atoms with Crippen LogP contribution in [0.5, 0.6) is 0 Å². The van der Waals surface area contributed by atoms with Crippen LogP contribution in [0.25, 0.3) is 0 Å². The Morgan fingerprint density at radius 1 is 1.29 bits per heavy atom. The Hall–Kier alpha value is -0.0600. The van der Waals surface area contributed by atoms with Gasteiger partial charge in [-0.05, 0) is 55.8 Å². The molecule has 0 aromatic carbocycles. The molecule has 2 unspecified atom stereocenters. The van der Waals surface area contributed by atoms with Gasteiger partial charge in [0, 0.05) is 15.1 Å². The van der Waals surface area contributed by atoms with Gasteiger partial charge in [0.25, 0.3) is 0 Å². The maximum Gasteiger partial charge on any atom is 0.0498 e. The van der Waals surface area contributed by atoms with Crippen molar-refractivity contribution in [1.29, 1.82) is 0 Å². The largest absolute Gasteiger partial charge is 0.411 e. The van der Waals surface area contributed by atoms with Crippen LogP contribution in [0.15, 0.2) is 16.8 Å². The zero-order chi connectivity index (χ0) is 15.3. The minimum absolute atomic E-state index is 0.0681. The van der Waals surface area contributed by atoms with Crippen LogP contribution in [0.4, 0.5) is 0 Å². The molecule has 0 amide bonds. The Kier molecular flexibility index (Phi) is 3.95. The molecule has 0 aromatic heterocycles. The number of hydrogen-bond acceptors (Lipinski definition) is 2. The Bertz CT molecular complexity index is 484. The van der Waals surface area contributed by atoms with E-state index >= 15 is 0 Å². The van der Waals surface area contributed by atoms with Crippen molar-refractivity contribution >= 4 is 28.8 Å². The minimum Gasteiger partial charge on any atom is -0.411 e. The molecule has 3 aliphatic carbocycles. The van der Waals surface area contributed by atoms with E-state index < -0.39 is 0 Å². The summed E-state index contributed by atoms with van der Waals surface area (Å²) < 4.78 is 0.444. The summed E-state index contributed by atoms with van der Waals surface area (Å²) >= 11 is 2.65. The number of fused-ring (bicyclic) bond motifs is 3. The van der Waals surface area contributed by atoms with Crippen LogP contribution < -0.4 is 0 Å². The third kappa shape index (κ3) is 2.57. The van der Waals surface area contributed by atoms with Gasteiger partial charge in [0.15, 0.2) is 0 Å². The van der Waals surface area contributed by atoms with Gasteiger partial charge in [-0.1, -0.05) is 61.4 Å². The van der Waals surface area contributed by atoms with Crippen LogP contribution in [0, 0.1) is 22.7 Å². The molecule has 5 atom stereocenters. The van der Waals surface area contributed by atoms with Gasteiger partial charge < -0.3 is 5.21 Å². The predicted molar refractivity (Wildman–Crippen MR) is 96.3 cm³/mol. The van der Waals surface area contributed by atoms with E-state index in [-0.39, 0.29) is 5.41 Å². The van der Waals surface area contributed by atoms with Gasteiger partial charge in [-0.3, -0.25) is 0 Å². The van der Waals surface area contributed by atoms with Crippen molar-refractivity contribution in [1.82, 2.24) is 0 Å². The number of oxime groups is 1. The molecule has 1 N–H and O–H groups in total. The van der Waals surface area contributed by atoms with Crippen LogP contribution in [-0.4, -0.2) is 14.8 Å². The first-order valence-corrected chi connectivity index (χ1v) is 9.47. The number of allylic oxidation sites excluding steroid dienone is 2. The molecule has 2 fully saturated rings. The van der Waals surface area contributed by atoms with E-state index in [0.717, 1.165) is 5.92 Å². The van der Waals surface area contributed by atoms with Crippen molar-refractivity contribution in [2.24, 2.45) is 27.8 Å². The van der Waals surface area contributed by atoms with Crippen LogP contribution in [0.1, 0.15) is 65.7 Å². The maximum absolute atomic E-state index is 9.11. The smallest absolute Gasteiger partial charge is 0.0498 e. The monoisotopic (exact) mass is 401 g/mol. The summed E-state index contributed by atoms with van der Waals surface area (Å²) in [6, 6.07) is 0. The van der Waals surface area contributed by atoms with E-state index in [1.165, 1.54) is 44.9 Å². The predicted octanol–water partition coefficient (Wildman–Crippen LogP) is 5.58. The van der Waals surface area contributed by atoms with Gasteiger partial charge in [-0.2, -0.15) is 0 Å². The molecule has 3 rings (SSSR count). The topological polar surface area (TPSA) is 32.6 Å². The second kappa shape index (κ2) is 5.24. The SMILES string of the molecule is C[C@]1(I)CC=C2C(CCC3[C@@]2(C)CCC[C@@]3(C)/C=N/O)C1. The zero-order valence-electron chi connectivity index (χ0n) is 13.5. The van der Waals surface area contributed by atoms with Crippen molar-refractivity contribution in [3.05, 3.63) is 11.6 Å². The molecule has 21 heavy (non-hydrogen) atoms. The maximum atomic E-state index is 9.11. The van der Waals surface area contributed by atoms with Crippen LogP contribution in [0.3, 0.4) is 0 Å². The van der Waals surface area contributed by atoms with E-state index in [1.54, 1.807) is 5.57 Å². The van der Waals surface area contributed by atoms with Crippen molar-refractivity contribution < 1.29 is 5.21 Å². The fraction of sp³-hybridized carbons (Fsp3) is 0.833. The highest BCUT2D eigenvalue weighted by atomic mass is 127. The van der Waals surface area contributed by atoms with Crippen LogP contribution >= 0.6 is 22.6 Å². The molecule has 0 saturated heterocycles. The van der Waals surface area contributed by atoms with Gasteiger partial charge in [0.1, 0.15) is 0 Å². The third-order valence-corrected chi connectivity index (χ3v) is 7.53. The van der Waals surface area contributed by atoms with Crippen molar-refractivity contribution in [2.75, 3.05) is 0 Å². The molecule has 2 saturated carbocycles. The molecular formula is C18H28INO. The van der Waals surface area contributed by atoms with E-state index in [1.807, 2.05) is 6.21 Å². The summed E-state index contributed by atoms with van der Waals surface area (Å²) in [5.41, 5.74) is 2.13. The average Bonchev–Trinajstić information content (AvgIpc) is 2.36. The van der Waals surface area contributed by atoms with Gasteiger partial charge in [-0.25, -0.2) is 0 Å². The number of rotatable bonds is 1. The highest BCUT2D eigenvalue weighted by Crippen LogP contribution is 2.63. The molecule has 0 bridgehead atoms. The van der Waals surface area contributed by atoms with E-state index in [9.17, 15) is 0 Å². The Balaban J connectivity index is 1.98. The van der Waals surface area contributed by atoms with Crippen LogP contribution in [-0.2, 0) is 0 Å². The van der Waals surface area contributed by atoms with Crippen molar-refractivity contribution in [2.45, 2.75) is 69.1 Å². The average molecular weight is 401 g/mol. The van der Waals surface area contributed by atoms with E-state index in [2.05, 4.69) is 54.6 Å². The van der Waals surface area contributed by atoms with Crippen LogP contribution in [0.2, 0.25) is 0 Å². The molecule has 0 heterocycles. The summed E-state index contributed by atoms with van der Waals surface area (Å²) in [5, 5.41) is 12.5. The van der Waals surface area contributed by atoms with Crippen molar-refractivity contribution in [3.63, 3.8) is 0 Å². The Morgan fingerprint density at radius 3 is 2.76 bits per heavy atom. The third-order valence-electron chi connectivity index (χ3n) is 6.65. The molecular weight excluding hydrogens is 373 g/mol. The molecule has 0 aromatic rings. The lowest BCUT2D eigenvalue weighted by Crippen LogP contribution is -2.50. The molecule has 0 aliphatic heterocycles. The summed E-state index contributed by atoms with van der Waals surface area (Å²) in [6.45, 7) is 7.20. The van der Waals surface area contributed by atoms with Crippen molar-refractivity contribution in [3.8, 4) is 0 Å². The minimum atomic E-state index is 0.0681. The lowest BCUT2D eigenvalue weighted by molar-refractivity contribution is 0.0176. The summed E-state index contributed by atoms with van der Waals surface area (Å²) in [6.07, 6.45) is 13.3.